The van der Waals surface area contributed by atoms with E-state index in [2.05, 4.69) is 41.4 Å². The van der Waals surface area contributed by atoms with Crippen molar-refractivity contribution in [2.24, 2.45) is 10.1 Å². The van der Waals surface area contributed by atoms with E-state index >= 15 is 0 Å². The molecule has 0 aromatic rings. The first-order chi connectivity index (χ1) is 8.29. The Bertz CT molecular complexity index is 302. The summed E-state index contributed by atoms with van der Waals surface area (Å²) in [6, 6.07) is 0. The van der Waals surface area contributed by atoms with Crippen LogP contribution in [0, 0.1) is 0 Å². The van der Waals surface area contributed by atoms with E-state index in [0.29, 0.717) is 6.54 Å². The molecule has 0 unspecified atom stereocenters. The third kappa shape index (κ3) is 4.96. The van der Waals surface area contributed by atoms with Gasteiger partial charge in [0.15, 0.2) is 0 Å². The van der Waals surface area contributed by atoms with E-state index < -0.39 is 0 Å². The van der Waals surface area contributed by atoms with Gasteiger partial charge in [-0.05, 0) is 37.3 Å². The first kappa shape index (κ1) is 14.3. The lowest BCUT2D eigenvalue weighted by Gasteiger charge is -2.25. The molecule has 0 aromatic carbocycles. The Hall–Kier alpha value is -0.740. The third-order valence-corrected chi connectivity index (χ3v) is 3.24. The van der Waals surface area contributed by atoms with E-state index in [4.69, 9.17) is 5.73 Å². The van der Waals surface area contributed by atoms with Gasteiger partial charge in [0, 0.05) is 25.4 Å². The fraction of sp³-hybridized carbons (Fsp3) is 0.615. The van der Waals surface area contributed by atoms with Gasteiger partial charge in [-0.1, -0.05) is 25.2 Å². The highest BCUT2D eigenvalue weighted by atomic mass is 32.2. The summed E-state index contributed by atoms with van der Waals surface area (Å²) in [6.07, 6.45) is 8.72. The number of amidine groups is 1. The molecule has 1 aliphatic heterocycles. The van der Waals surface area contributed by atoms with Crippen molar-refractivity contribution >= 4 is 17.8 Å². The minimum Gasteiger partial charge on any atom is -0.355 e. The van der Waals surface area contributed by atoms with Gasteiger partial charge in [0.05, 0.1) is 0 Å². The average molecular weight is 253 g/mol. The number of hydrogen-bond donors (Lipinski definition) is 1. The maximum absolute atomic E-state index is 5.68. The minimum atomic E-state index is 0.676. The van der Waals surface area contributed by atoms with E-state index in [0.717, 1.165) is 37.5 Å². The number of nitrogens with two attached hydrogens (primary N) is 1. The van der Waals surface area contributed by atoms with Gasteiger partial charge < -0.3 is 10.6 Å². The Kier molecular flexibility index (Phi) is 7.05. The van der Waals surface area contributed by atoms with E-state index in [1.54, 1.807) is 11.9 Å². The van der Waals surface area contributed by atoms with Crippen LogP contribution in [0.15, 0.2) is 28.2 Å². The second-order valence-corrected chi connectivity index (χ2v) is 4.85. The molecule has 0 aliphatic carbocycles. The van der Waals surface area contributed by atoms with Gasteiger partial charge in [0.2, 0.25) is 0 Å². The van der Waals surface area contributed by atoms with Gasteiger partial charge in [-0.25, -0.2) is 0 Å². The van der Waals surface area contributed by atoms with Gasteiger partial charge in [-0.3, -0.25) is 0 Å². The van der Waals surface area contributed by atoms with Gasteiger partial charge >= 0.3 is 0 Å². The lowest BCUT2D eigenvalue weighted by atomic mass is 10.2. The summed E-state index contributed by atoms with van der Waals surface area (Å²) >= 11 is 1.61. The molecule has 2 N–H and O–H groups in total. The molecule has 17 heavy (non-hydrogen) atoms. The van der Waals surface area contributed by atoms with Crippen molar-refractivity contribution in [3.63, 3.8) is 0 Å². The zero-order valence-corrected chi connectivity index (χ0v) is 11.7. The van der Waals surface area contributed by atoms with Crippen LogP contribution in [0.25, 0.3) is 0 Å². The predicted octanol–water partition coefficient (Wildman–Crippen LogP) is 2.61. The maximum atomic E-state index is 5.68. The molecule has 4 heteroatoms. The molecule has 0 atom stereocenters. The maximum Gasteiger partial charge on any atom is 0.139 e. The van der Waals surface area contributed by atoms with Crippen LogP contribution in [0.1, 0.15) is 26.7 Å². The second-order valence-electron chi connectivity index (χ2n) is 4.08. The van der Waals surface area contributed by atoms with E-state index in [1.165, 1.54) is 5.57 Å². The van der Waals surface area contributed by atoms with Crippen LogP contribution in [-0.4, -0.2) is 36.1 Å². The van der Waals surface area contributed by atoms with Gasteiger partial charge in [-0.15, -0.1) is 0 Å². The Morgan fingerprint density at radius 2 is 2.24 bits per heavy atom. The molecule has 0 fully saturated rings. The Labute approximate surface area is 109 Å². The predicted molar refractivity (Wildman–Crippen MR) is 78.3 cm³/mol. The zero-order valence-electron chi connectivity index (χ0n) is 10.9. The Balaban J connectivity index is 2.83. The van der Waals surface area contributed by atoms with Crippen molar-refractivity contribution in [3.8, 4) is 0 Å². The van der Waals surface area contributed by atoms with Crippen LogP contribution in [-0.2, 0) is 0 Å². The number of nitrogens with zero attached hydrogens (tertiary/aromatic N) is 2. The summed E-state index contributed by atoms with van der Waals surface area (Å²) in [5.74, 6) is 2.05. The zero-order chi connectivity index (χ0) is 12.5. The highest BCUT2D eigenvalue weighted by molar-refractivity contribution is 7.98. The summed E-state index contributed by atoms with van der Waals surface area (Å²) in [5.41, 5.74) is 6.93. The SMILES string of the molecule is CCCN(CCN)C1=NSC/C=C\C/C=C/1C. The van der Waals surface area contributed by atoms with Gasteiger partial charge in [0.25, 0.3) is 0 Å². The highest BCUT2D eigenvalue weighted by Crippen LogP contribution is 2.14. The molecule has 1 rings (SSSR count). The van der Waals surface area contributed by atoms with Crippen LogP contribution in [0.3, 0.4) is 0 Å². The molecule has 1 heterocycles. The summed E-state index contributed by atoms with van der Waals surface area (Å²) in [6.45, 7) is 6.90. The molecule has 0 saturated carbocycles. The monoisotopic (exact) mass is 253 g/mol. The Morgan fingerprint density at radius 3 is 2.94 bits per heavy atom. The number of allylic oxidation sites excluding steroid dienone is 2. The normalized spacial score (nSPS) is 21.6. The fourth-order valence-corrected chi connectivity index (χ4v) is 2.45. The second kappa shape index (κ2) is 8.37. The molecule has 0 amide bonds. The molecule has 0 spiro atoms. The molecule has 0 radical (unpaired) electrons. The molecular formula is C13H23N3S. The number of hydrogen-bond acceptors (Lipinski definition) is 4. The van der Waals surface area contributed by atoms with Crippen molar-refractivity contribution in [1.82, 2.24) is 4.90 Å². The molecule has 0 aromatic heterocycles. The molecule has 3 nitrogen and oxygen atoms in total. The topological polar surface area (TPSA) is 41.6 Å². The minimum absolute atomic E-state index is 0.676. The van der Waals surface area contributed by atoms with Crippen LogP contribution in [0.2, 0.25) is 0 Å². The first-order valence-electron chi connectivity index (χ1n) is 6.26. The first-order valence-corrected chi connectivity index (χ1v) is 7.21. The summed E-state index contributed by atoms with van der Waals surface area (Å²) < 4.78 is 4.65. The molecule has 1 aliphatic rings. The Morgan fingerprint density at radius 1 is 1.41 bits per heavy atom. The number of rotatable bonds is 4. The quantitative estimate of drug-likeness (QED) is 0.618. The largest absolute Gasteiger partial charge is 0.355 e. The van der Waals surface area contributed by atoms with Crippen molar-refractivity contribution in [2.75, 3.05) is 25.4 Å². The van der Waals surface area contributed by atoms with Crippen LogP contribution < -0.4 is 5.73 Å². The summed E-state index contributed by atoms with van der Waals surface area (Å²) in [7, 11) is 0. The van der Waals surface area contributed by atoms with Crippen LogP contribution in [0.5, 0.6) is 0 Å². The van der Waals surface area contributed by atoms with Crippen LogP contribution >= 0.6 is 11.9 Å². The smallest absolute Gasteiger partial charge is 0.139 e. The van der Waals surface area contributed by atoms with Crippen molar-refractivity contribution in [3.05, 3.63) is 23.8 Å². The summed E-state index contributed by atoms with van der Waals surface area (Å²) in [4.78, 5) is 2.30. The van der Waals surface area contributed by atoms with E-state index in [-0.39, 0.29) is 0 Å². The lowest BCUT2D eigenvalue weighted by Crippen LogP contribution is -2.36. The fourth-order valence-electron chi connectivity index (χ4n) is 1.77. The van der Waals surface area contributed by atoms with Crippen molar-refractivity contribution in [1.29, 1.82) is 0 Å². The van der Waals surface area contributed by atoms with Crippen molar-refractivity contribution < 1.29 is 0 Å². The third-order valence-electron chi connectivity index (χ3n) is 2.59. The average Bonchev–Trinajstić information content (AvgIpc) is 2.41. The van der Waals surface area contributed by atoms with Gasteiger partial charge in [0.1, 0.15) is 5.84 Å². The summed E-state index contributed by atoms with van der Waals surface area (Å²) in [5, 5.41) is 0. The molecule has 96 valence electrons. The van der Waals surface area contributed by atoms with Gasteiger partial charge in [-0.2, -0.15) is 4.40 Å². The lowest BCUT2D eigenvalue weighted by molar-refractivity contribution is 0.428. The highest BCUT2D eigenvalue weighted by Gasteiger charge is 2.12. The molecule has 0 bridgehead atoms. The van der Waals surface area contributed by atoms with E-state index in [1.807, 2.05) is 0 Å². The van der Waals surface area contributed by atoms with Crippen molar-refractivity contribution in [2.45, 2.75) is 26.7 Å². The standard InChI is InChI=1S/C13H23N3S/c1-3-9-16(10-8-14)13-12(2)7-5-4-6-11-17-15-13/h4,6-7H,3,5,8-11,14H2,1-2H3/b6-4-,12-7+,15-13?. The molecule has 0 saturated heterocycles. The molecular weight excluding hydrogens is 230 g/mol. The van der Waals surface area contributed by atoms with Crippen LogP contribution in [0.4, 0.5) is 0 Å². The van der Waals surface area contributed by atoms with E-state index in [9.17, 15) is 0 Å².